The van der Waals surface area contributed by atoms with Crippen LogP contribution in [-0.4, -0.2) is 66.0 Å². The first kappa shape index (κ1) is 20.7. The van der Waals surface area contributed by atoms with Crippen LogP contribution in [0.3, 0.4) is 0 Å². The Bertz CT molecular complexity index is 930. The second-order valence-electron chi connectivity index (χ2n) is 6.37. The third-order valence-corrected chi connectivity index (χ3v) is 6.86. The molecule has 1 amide bonds. The standard InChI is InChI=1S/C18H20ClFN4O3S/c1-22(13-14-15(19)5-4-6-16(14)20)28(26,27)24-11-9-23(10-12-24)18(25)17-7-2-3-8-21-17/h2-8H,9-13H2,1H3. The van der Waals surface area contributed by atoms with Crippen molar-refractivity contribution in [3.05, 3.63) is 64.7 Å². The van der Waals surface area contributed by atoms with Crippen LogP contribution in [0.5, 0.6) is 0 Å². The van der Waals surface area contributed by atoms with Crippen molar-refractivity contribution in [1.29, 1.82) is 0 Å². The zero-order chi connectivity index (χ0) is 20.3. The van der Waals surface area contributed by atoms with E-state index in [2.05, 4.69) is 4.98 Å². The highest BCUT2D eigenvalue weighted by Crippen LogP contribution is 2.22. The van der Waals surface area contributed by atoms with Crippen molar-refractivity contribution in [1.82, 2.24) is 18.5 Å². The minimum Gasteiger partial charge on any atom is -0.335 e. The van der Waals surface area contributed by atoms with Crippen LogP contribution in [0.2, 0.25) is 5.02 Å². The molecule has 1 aliphatic heterocycles. The maximum atomic E-state index is 14.0. The van der Waals surface area contributed by atoms with E-state index in [4.69, 9.17) is 11.6 Å². The van der Waals surface area contributed by atoms with Gasteiger partial charge in [-0.25, -0.2) is 4.39 Å². The Kier molecular flexibility index (Phi) is 6.29. The summed E-state index contributed by atoms with van der Waals surface area (Å²) >= 11 is 6.00. The topological polar surface area (TPSA) is 73.8 Å². The first-order valence-electron chi connectivity index (χ1n) is 8.65. The van der Waals surface area contributed by atoms with Gasteiger partial charge in [-0.2, -0.15) is 17.0 Å². The molecule has 0 spiro atoms. The summed E-state index contributed by atoms with van der Waals surface area (Å²) < 4.78 is 42.0. The molecule has 1 aliphatic rings. The van der Waals surface area contributed by atoms with E-state index in [1.54, 1.807) is 23.1 Å². The number of hydrogen-bond donors (Lipinski definition) is 0. The Morgan fingerprint density at radius 3 is 2.50 bits per heavy atom. The normalized spacial score (nSPS) is 15.8. The van der Waals surface area contributed by atoms with E-state index in [1.165, 1.54) is 35.7 Å². The van der Waals surface area contributed by atoms with Gasteiger partial charge in [-0.1, -0.05) is 23.7 Å². The van der Waals surface area contributed by atoms with Gasteiger partial charge in [0.05, 0.1) is 0 Å². The summed E-state index contributed by atoms with van der Waals surface area (Å²) in [6.45, 7) is 0.624. The molecule has 0 atom stereocenters. The van der Waals surface area contributed by atoms with Crippen molar-refractivity contribution in [3.63, 3.8) is 0 Å². The van der Waals surface area contributed by atoms with E-state index in [1.807, 2.05) is 0 Å². The number of piperazine rings is 1. The number of rotatable bonds is 5. The zero-order valence-electron chi connectivity index (χ0n) is 15.3. The van der Waals surface area contributed by atoms with Gasteiger partial charge in [-0.15, -0.1) is 0 Å². The first-order chi connectivity index (χ1) is 13.3. The maximum absolute atomic E-state index is 14.0. The summed E-state index contributed by atoms with van der Waals surface area (Å²) in [6.07, 6.45) is 1.54. The summed E-state index contributed by atoms with van der Waals surface area (Å²) in [5, 5.41) is 0.174. The fraction of sp³-hybridized carbons (Fsp3) is 0.333. The predicted molar refractivity (Wildman–Crippen MR) is 104 cm³/mol. The summed E-state index contributed by atoms with van der Waals surface area (Å²) in [4.78, 5) is 18.0. The number of benzene rings is 1. The highest BCUT2D eigenvalue weighted by Gasteiger charge is 2.32. The number of amides is 1. The number of carbonyl (C=O) groups excluding carboxylic acids is 1. The molecule has 2 aromatic rings. The molecule has 1 aromatic carbocycles. The Morgan fingerprint density at radius 2 is 1.89 bits per heavy atom. The van der Waals surface area contributed by atoms with Gasteiger partial charge in [0, 0.05) is 56.6 Å². The van der Waals surface area contributed by atoms with Gasteiger partial charge in [-0.3, -0.25) is 9.78 Å². The molecule has 2 heterocycles. The van der Waals surface area contributed by atoms with Crippen molar-refractivity contribution in [3.8, 4) is 0 Å². The maximum Gasteiger partial charge on any atom is 0.282 e. The predicted octanol–water partition coefficient (Wildman–Crippen LogP) is 2.01. The third kappa shape index (κ3) is 4.33. The summed E-state index contributed by atoms with van der Waals surface area (Å²) in [5.74, 6) is -0.788. The van der Waals surface area contributed by atoms with Crippen LogP contribution in [0, 0.1) is 5.82 Å². The van der Waals surface area contributed by atoms with Crippen molar-refractivity contribution in [2.75, 3.05) is 33.2 Å². The van der Waals surface area contributed by atoms with Gasteiger partial charge >= 0.3 is 0 Å². The lowest BCUT2D eigenvalue weighted by molar-refractivity contribution is 0.0688. The second kappa shape index (κ2) is 8.52. The van der Waals surface area contributed by atoms with Crippen molar-refractivity contribution < 1.29 is 17.6 Å². The van der Waals surface area contributed by atoms with Crippen LogP contribution in [0.4, 0.5) is 4.39 Å². The molecule has 0 aliphatic carbocycles. The minimum atomic E-state index is -3.82. The van der Waals surface area contributed by atoms with Crippen LogP contribution in [0.15, 0.2) is 42.6 Å². The largest absolute Gasteiger partial charge is 0.335 e. The van der Waals surface area contributed by atoms with E-state index in [0.717, 1.165) is 4.31 Å². The molecule has 0 bridgehead atoms. The molecule has 1 fully saturated rings. The van der Waals surface area contributed by atoms with Gasteiger partial charge in [0.15, 0.2) is 0 Å². The molecule has 0 saturated carbocycles. The summed E-state index contributed by atoms with van der Waals surface area (Å²) in [7, 11) is -2.44. The molecular weight excluding hydrogens is 407 g/mol. The molecule has 0 unspecified atom stereocenters. The first-order valence-corrected chi connectivity index (χ1v) is 10.4. The van der Waals surface area contributed by atoms with Crippen molar-refractivity contribution >= 4 is 27.7 Å². The molecular formula is C18H20ClFN4O3S. The fourth-order valence-electron chi connectivity index (χ4n) is 2.96. The Hall–Kier alpha value is -2.07. The lowest BCUT2D eigenvalue weighted by atomic mass is 10.2. The van der Waals surface area contributed by atoms with Crippen LogP contribution in [-0.2, 0) is 16.8 Å². The summed E-state index contributed by atoms with van der Waals surface area (Å²) in [6, 6.07) is 9.29. The molecule has 0 N–H and O–H groups in total. The van der Waals surface area contributed by atoms with Gasteiger partial charge in [0.2, 0.25) is 0 Å². The number of nitrogens with zero attached hydrogens (tertiary/aromatic N) is 4. The van der Waals surface area contributed by atoms with Crippen LogP contribution in [0.1, 0.15) is 16.1 Å². The number of carbonyl (C=O) groups is 1. The van der Waals surface area contributed by atoms with Crippen LogP contribution < -0.4 is 0 Å². The highest BCUT2D eigenvalue weighted by atomic mass is 35.5. The lowest BCUT2D eigenvalue weighted by Crippen LogP contribution is -2.53. The number of hydrogen-bond acceptors (Lipinski definition) is 4. The monoisotopic (exact) mass is 426 g/mol. The second-order valence-corrected chi connectivity index (χ2v) is 8.81. The summed E-state index contributed by atoms with van der Waals surface area (Å²) in [5.41, 5.74) is 0.448. The smallest absolute Gasteiger partial charge is 0.282 e. The molecule has 1 saturated heterocycles. The lowest BCUT2D eigenvalue weighted by Gasteiger charge is -2.35. The van der Waals surface area contributed by atoms with Gasteiger partial charge in [0.1, 0.15) is 11.5 Å². The van der Waals surface area contributed by atoms with E-state index < -0.39 is 16.0 Å². The van der Waals surface area contributed by atoms with E-state index in [9.17, 15) is 17.6 Å². The van der Waals surface area contributed by atoms with Gasteiger partial charge < -0.3 is 4.90 Å². The molecule has 28 heavy (non-hydrogen) atoms. The van der Waals surface area contributed by atoms with E-state index in [-0.39, 0.29) is 49.2 Å². The van der Waals surface area contributed by atoms with Crippen LogP contribution in [0.25, 0.3) is 0 Å². The molecule has 0 radical (unpaired) electrons. The molecule has 1 aromatic heterocycles. The van der Waals surface area contributed by atoms with Gasteiger partial charge in [-0.05, 0) is 24.3 Å². The molecule has 150 valence electrons. The average molecular weight is 427 g/mol. The average Bonchev–Trinajstić information content (AvgIpc) is 2.71. The van der Waals surface area contributed by atoms with E-state index in [0.29, 0.717) is 5.69 Å². The molecule has 7 nitrogen and oxygen atoms in total. The Labute approximate surface area is 168 Å². The molecule has 10 heteroatoms. The number of pyridine rings is 1. The van der Waals surface area contributed by atoms with Crippen LogP contribution >= 0.6 is 11.6 Å². The quantitative estimate of drug-likeness (QED) is 0.733. The zero-order valence-corrected chi connectivity index (χ0v) is 16.8. The van der Waals surface area contributed by atoms with Crippen molar-refractivity contribution in [2.24, 2.45) is 0 Å². The molecule has 3 rings (SSSR count). The van der Waals surface area contributed by atoms with Crippen molar-refractivity contribution in [2.45, 2.75) is 6.54 Å². The third-order valence-electron chi connectivity index (χ3n) is 4.57. The minimum absolute atomic E-state index is 0.124. The van der Waals surface area contributed by atoms with E-state index >= 15 is 0 Å². The SMILES string of the molecule is CN(Cc1c(F)cccc1Cl)S(=O)(=O)N1CCN(C(=O)c2ccccn2)CC1. The number of halogens is 2. The Morgan fingerprint density at radius 1 is 1.18 bits per heavy atom. The fourth-order valence-corrected chi connectivity index (χ4v) is 4.49. The Balaban J connectivity index is 1.65. The highest BCUT2D eigenvalue weighted by molar-refractivity contribution is 7.86. The number of aromatic nitrogens is 1. The van der Waals surface area contributed by atoms with Gasteiger partial charge in [0.25, 0.3) is 16.1 Å².